The van der Waals surface area contributed by atoms with Crippen molar-refractivity contribution in [2.45, 2.75) is 63.9 Å². The van der Waals surface area contributed by atoms with Gasteiger partial charge in [-0.2, -0.15) is 5.26 Å². The van der Waals surface area contributed by atoms with Crippen molar-refractivity contribution in [1.82, 2.24) is 0 Å². The maximum Gasteiger partial charge on any atom is 0.0621 e. The molecule has 0 radical (unpaired) electrons. The minimum atomic E-state index is 0.431. The van der Waals surface area contributed by atoms with E-state index in [1.54, 1.807) is 0 Å². The summed E-state index contributed by atoms with van der Waals surface area (Å²) in [5, 5.41) is 8.38. The number of hydrogen-bond acceptors (Lipinski definition) is 4. The van der Waals surface area contributed by atoms with Crippen LogP contribution in [-0.2, 0) is 14.2 Å². The van der Waals surface area contributed by atoms with E-state index in [4.69, 9.17) is 19.5 Å². The molecule has 0 aromatic heterocycles. The van der Waals surface area contributed by atoms with Gasteiger partial charge in [0.2, 0.25) is 0 Å². The van der Waals surface area contributed by atoms with Crippen molar-refractivity contribution >= 4 is 0 Å². The smallest absolute Gasteiger partial charge is 0.0621 e. The van der Waals surface area contributed by atoms with Gasteiger partial charge in [-0.05, 0) is 51.4 Å². The molecule has 1 saturated heterocycles. The molecule has 0 aromatic carbocycles. The number of ether oxygens (including phenoxy) is 3. The highest BCUT2D eigenvalue weighted by molar-refractivity contribution is 4.67. The van der Waals surface area contributed by atoms with Crippen LogP contribution in [0.4, 0.5) is 0 Å². The second-order valence-electron chi connectivity index (χ2n) is 5.32. The van der Waals surface area contributed by atoms with Crippen LogP contribution in [0.5, 0.6) is 0 Å². The molecule has 1 heterocycles. The van der Waals surface area contributed by atoms with E-state index in [1.165, 1.54) is 19.3 Å². The molecule has 0 saturated carbocycles. The van der Waals surface area contributed by atoms with Crippen molar-refractivity contribution in [2.75, 3.05) is 33.0 Å². The molecule has 1 unspecified atom stereocenters. The number of unbranched alkanes of at least 4 members (excludes halogenated alkanes) is 3. The summed E-state index contributed by atoms with van der Waals surface area (Å²) in [5.74, 6) is 0. The molecule has 1 atom stereocenters. The molecule has 0 bridgehead atoms. The van der Waals surface area contributed by atoms with Crippen molar-refractivity contribution < 1.29 is 14.2 Å². The molecule has 1 aliphatic rings. The summed E-state index contributed by atoms with van der Waals surface area (Å²) in [5.41, 5.74) is 0. The van der Waals surface area contributed by atoms with Crippen LogP contribution >= 0.6 is 0 Å². The van der Waals surface area contributed by atoms with E-state index in [2.05, 4.69) is 6.07 Å². The van der Waals surface area contributed by atoms with Crippen molar-refractivity contribution in [1.29, 1.82) is 5.26 Å². The van der Waals surface area contributed by atoms with Crippen LogP contribution in [0.1, 0.15) is 57.8 Å². The summed E-state index contributed by atoms with van der Waals surface area (Å²) in [6.07, 6.45) is 9.88. The second-order valence-corrected chi connectivity index (χ2v) is 5.32. The molecule has 20 heavy (non-hydrogen) atoms. The fourth-order valence-corrected chi connectivity index (χ4v) is 2.27. The van der Waals surface area contributed by atoms with Gasteiger partial charge in [0.25, 0.3) is 0 Å². The molecular formula is C16H29NO3. The summed E-state index contributed by atoms with van der Waals surface area (Å²) < 4.78 is 16.8. The number of nitriles is 1. The molecule has 0 N–H and O–H groups in total. The van der Waals surface area contributed by atoms with Crippen LogP contribution in [-0.4, -0.2) is 39.1 Å². The largest absolute Gasteiger partial charge is 0.381 e. The maximum absolute atomic E-state index is 8.38. The minimum absolute atomic E-state index is 0.431. The third-order valence-corrected chi connectivity index (χ3v) is 3.51. The first-order chi connectivity index (χ1) is 9.93. The zero-order valence-corrected chi connectivity index (χ0v) is 12.6. The van der Waals surface area contributed by atoms with E-state index in [0.717, 1.165) is 65.1 Å². The van der Waals surface area contributed by atoms with Gasteiger partial charge in [-0.3, -0.25) is 0 Å². The quantitative estimate of drug-likeness (QED) is 0.515. The Morgan fingerprint density at radius 1 is 0.950 bits per heavy atom. The fourth-order valence-electron chi connectivity index (χ4n) is 2.27. The molecule has 1 fully saturated rings. The van der Waals surface area contributed by atoms with E-state index in [0.29, 0.717) is 12.5 Å². The number of rotatable bonds is 12. The predicted molar refractivity (Wildman–Crippen MR) is 78.5 cm³/mol. The molecule has 4 nitrogen and oxygen atoms in total. The normalized spacial score (nSPS) is 18.9. The molecule has 1 rings (SSSR count). The van der Waals surface area contributed by atoms with Crippen LogP contribution in [0, 0.1) is 11.3 Å². The van der Waals surface area contributed by atoms with Gasteiger partial charge < -0.3 is 14.2 Å². The SMILES string of the molecule is N#CCCCCOCCCCOCCC1CCCCO1. The van der Waals surface area contributed by atoms with Gasteiger partial charge in [-0.15, -0.1) is 0 Å². The summed E-state index contributed by atoms with van der Waals surface area (Å²) in [6, 6.07) is 2.14. The lowest BCUT2D eigenvalue weighted by Gasteiger charge is -2.22. The zero-order chi connectivity index (χ0) is 14.3. The first kappa shape index (κ1) is 17.4. The molecule has 0 amide bonds. The lowest BCUT2D eigenvalue weighted by Crippen LogP contribution is -2.20. The lowest BCUT2D eigenvalue weighted by molar-refractivity contribution is -0.00827. The Balaban J connectivity index is 1.71. The first-order valence-electron chi connectivity index (χ1n) is 8.07. The highest BCUT2D eigenvalue weighted by atomic mass is 16.5. The van der Waals surface area contributed by atoms with Crippen LogP contribution in [0.2, 0.25) is 0 Å². The molecule has 4 heteroatoms. The second kappa shape index (κ2) is 13.4. The summed E-state index contributed by atoms with van der Waals surface area (Å²) >= 11 is 0. The predicted octanol–water partition coefficient (Wildman–Crippen LogP) is 3.45. The Morgan fingerprint density at radius 3 is 2.30 bits per heavy atom. The van der Waals surface area contributed by atoms with Gasteiger partial charge in [0, 0.05) is 39.5 Å². The third kappa shape index (κ3) is 10.2. The standard InChI is InChI=1S/C16H29NO3/c17-10-3-1-4-11-18-12-6-7-13-19-15-9-16-8-2-5-14-20-16/h16H,1-9,11-15H2. The molecule has 0 aliphatic carbocycles. The molecule has 116 valence electrons. The van der Waals surface area contributed by atoms with Crippen molar-refractivity contribution in [2.24, 2.45) is 0 Å². The Kier molecular flexibility index (Phi) is 11.6. The van der Waals surface area contributed by atoms with Gasteiger partial charge >= 0.3 is 0 Å². The van der Waals surface area contributed by atoms with Crippen LogP contribution < -0.4 is 0 Å². The topological polar surface area (TPSA) is 51.5 Å². The lowest BCUT2D eigenvalue weighted by atomic mass is 10.1. The summed E-state index contributed by atoms with van der Waals surface area (Å²) in [7, 11) is 0. The van der Waals surface area contributed by atoms with Gasteiger partial charge in [-0.25, -0.2) is 0 Å². The van der Waals surface area contributed by atoms with Gasteiger partial charge in [0.05, 0.1) is 12.2 Å². The highest BCUT2D eigenvalue weighted by Crippen LogP contribution is 2.15. The van der Waals surface area contributed by atoms with Gasteiger partial charge in [-0.1, -0.05) is 0 Å². The number of nitrogens with zero attached hydrogens (tertiary/aromatic N) is 1. The minimum Gasteiger partial charge on any atom is -0.381 e. The first-order valence-corrected chi connectivity index (χ1v) is 8.07. The van der Waals surface area contributed by atoms with E-state index in [-0.39, 0.29) is 0 Å². The average molecular weight is 283 g/mol. The Bertz CT molecular complexity index is 247. The zero-order valence-electron chi connectivity index (χ0n) is 12.6. The van der Waals surface area contributed by atoms with E-state index in [1.807, 2.05) is 0 Å². The van der Waals surface area contributed by atoms with E-state index < -0.39 is 0 Å². The molecule has 1 aliphatic heterocycles. The van der Waals surface area contributed by atoms with Crippen LogP contribution in [0.3, 0.4) is 0 Å². The van der Waals surface area contributed by atoms with Crippen LogP contribution in [0.25, 0.3) is 0 Å². The Morgan fingerprint density at radius 2 is 1.65 bits per heavy atom. The molecule has 0 spiro atoms. The van der Waals surface area contributed by atoms with E-state index >= 15 is 0 Å². The monoisotopic (exact) mass is 283 g/mol. The summed E-state index contributed by atoms with van der Waals surface area (Å²) in [4.78, 5) is 0. The summed E-state index contributed by atoms with van der Waals surface area (Å²) in [6.45, 7) is 4.16. The maximum atomic E-state index is 8.38. The molecular weight excluding hydrogens is 254 g/mol. The average Bonchev–Trinajstić information content (AvgIpc) is 2.49. The van der Waals surface area contributed by atoms with Crippen molar-refractivity contribution in [3.05, 3.63) is 0 Å². The Hall–Kier alpha value is -0.630. The van der Waals surface area contributed by atoms with Gasteiger partial charge in [0.15, 0.2) is 0 Å². The highest BCUT2D eigenvalue weighted by Gasteiger charge is 2.12. The molecule has 0 aromatic rings. The fraction of sp³-hybridized carbons (Fsp3) is 0.938. The van der Waals surface area contributed by atoms with Crippen molar-refractivity contribution in [3.8, 4) is 6.07 Å². The Labute approximate surface area is 123 Å². The van der Waals surface area contributed by atoms with Crippen LogP contribution in [0.15, 0.2) is 0 Å². The van der Waals surface area contributed by atoms with Gasteiger partial charge in [0.1, 0.15) is 0 Å². The number of hydrogen-bond donors (Lipinski definition) is 0. The van der Waals surface area contributed by atoms with E-state index in [9.17, 15) is 0 Å². The third-order valence-electron chi connectivity index (χ3n) is 3.51. The van der Waals surface area contributed by atoms with Crippen molar-refractivity contribution in [3.63, 3.8) is 0 Å².